The predicted molar refractivity (Wildman–Crippen MR) is 54.6 cm³/mol. The van der Waals surface area contributed by atoms with Crippen molar-refractivity contribution in [3.8, 4) is 0 Å². The topological polar surface area (TPSA) is 47.6 Å². The molecule has 0 saturated carbocycles. The molecule has 0 aromatic heterocycles. The van der Waals surface area contributed by atoms with Gasteiger partial charge >= 0.3 is 0 Å². The summed E-state index contributed by atoms with van der Waals surface area (Å²) < 4.78 is 5.40. The van der Waals surface area contributed by atoms with E-state index < -0.39 is 0 Å². The minimum atomic E-state index is -0.348. The summed E-state index contributed by atoms with van der Waals surface area (Å²) in [5, 5.41) is 0. The van der Waals surface area contributed by atoms with Gasteiger partial charge in [0.15, 0.2) is 5.88 Å². The molecule has 0 aromatic carbocycles. The van der Waals surface area contributed by atoms with Gasteiger partial charge in [-0.1, -0.05) is 13.8 Å². The van der Waals surface area contributed by atoms with E-state index in [9.17, 15) is 0 Å². The van der Waals surface area contributed by atoms with Gasteiger partial charge in [-0.3, -0.25) is 4.99 Å². The maximum atomic E-state index is 5.57. The predicted octanol–water partition coefficient (Wildman–Crippen LogP) is 1.69. The van der Waals surface area contributed by atoms with Crippen LogP contribution in [-0.4, -0.2) is 17.9 Å². The monoisotopic (exact) mass is 182 g/mol. The van der Waals surface area contributed by atoms with Crippen LogP contribution in [0.1, 0.15) is 27.7 Å². The molecular weight excluding hydrogens is 164 g/mol. The first-order chi connectivity index (χ1) is 5.92. The first kappa shape index (κ1) is 10.1. The second kappa shape index (κ2) is 3.40. The summed E-state index contributed by atoms with van der Waals surface area (Å²) >= 11 is 0. The molecule has 0 aromatic rings. The maximum Gasteiger partial charge on any atom is 0.187 e. The first-order valence-electron chi connectivity index (χ1n) is 4.63. The lowest BCUT2D eigenvalue weighted by atomic mass is 10.0. The van der Waals surface area contributed by atoms with Crippen molar-refractivity contribution < 1.29 is 4.74 Å². The van der Waals surface area contributed by atoms with Crippen molar-refractivity contribution in [1.29, 1.82) is 0 Å². The molecule has 0 atom stereocenters. The molecule has 0 bridgehead atoms. The lowest BCUT2D eigenvalue weighted by molar-refractivity contribution is 0.107. The number of hydrogen-bond donors (Lipinski definition) is 1. The van der Waals surface area contributed by atoms with E-state index in [2.05, 4.69) is 18.8 Å². The van der Waals surface area contributed by atoms with Crippen LogP contribution in [0, 0.1) is 5.92 Å². The van der Waals surface area contributed by atoms with Crippen LogP contribution in [0.2, 0.25) is 0 Å². The molecule has 1 heterocycles. The van der Waals surface area contributed by atoms with Gasteiger partial charge in [0.2, 0.25) is 0 Å². The van der Waals surface area contributed by atoms with Crippen LogP contribution in [0.3, 0.4) is 0 Å². The van der Waals surface area contributed by atoms with Crippen molar-refractivity contribution in [2.24, 2.45) is 16.6 Å². The van der Waals surface area contributed by atoms with Gasteiger partial charge in [0.1, 0.15) is 5.60 Å². The molecule has 1 aliphatic rings. The fourth-order valence-electron chi connectivity index (χ4n) is 1.20. The zero-order valence-electron chi connectivity index (χ0n) is 8.79. The van der Waals surface area contributed by atoms with Crippen molar-refractivity contribution in [2.75, 3.05) is 6.54 Å². The summed E-state index contributed by atoms with van der Waals surface area (Å²) in [6, 6.07) is 0. The van der Waals surface area contributed by atoms with Crippen molar-refractivity contribution in [2.45, 2.75) is 33.3 Å². The van der Waals surface area contributed by atoms with E-state index in [1.807, 2.05) is 19.9 Å². The molecule has 0 fully saturated rings. The smallest absolute Gasteiger partial charge is 0.187 e. The van der Waals surface area contributed by atoms with Crippen LogP contribution in [0.4, 0.5) is 0 Å². The number of ether oxygens (including phenoxy) is 1. The number of nitrogens with two attached hydrogens (primary N) is 1. The molecule has 0 aliphatic carbocycles. The molecule has 3 heteroatoms. The van der Waals surface area contributed by atoms with Gasteiger partial charge in [-0.2, -0.15) is 0 Å². The Morgan fingerprint density at radius 2 is 2.15 bits per heavy atom. The van der Waals surface area contributed by atoms with Crippen LogP contribution in [0.25, 0.3) is 0 Å². The average molecular weight is 182 g/mol. The molecular formula is C10H18N2O. The zero-order chi connectivity index (χ0) is 10.1. The van der Waals surface area contributed by atoms with E-state index in [0.29, 0.717) is 11.8 Å². The van der Waals surface area contributed by atoms with Crippen molar-refractivity contribution in [1.82, 2.24) is 0 Å². The van der Waals surface area contributed by atoms with Crippen molar-refractivity contribution >= 4 is 5.71 Å². The Balaban J connectivity index is 2.73. The highest BCUT2D eigenvalue weighted by molar-refractivity contribution is 6.03. The summed E-state index contributed by atoms with van der Waals surface area (Å²) in [7, 11) is 0. The molecule has 74 valence electrons. The molecule has 1 rings (SSSR count). The Morgan fingerprint density at radius 3 is 2.54 bits per heavy atom. The molecule has 2 N–H and O–H groups in total. The van der Waals surface area contributed by atoms with Gasteiger partial charge in [0, 0.05) is 12.6 Å². The molecule has 0 amide bonds. The van der Waals surface area contributed by atoms with Crippen molar-refractivity contribution in [3.05, 3.63) is 12.0 Å². The fourth-order valence-corrected chi connectivity index (χ4v) is 1.20. The Hall–Kier alpha value is -0.990. The quantitative estimate of drug-likeness (QED) is 0.706. The van der Waals surface area contributed by atoms with Gasteiger partial charge in [-0.15, -0.1) is 0 Å². The lowest BCUT2D eigenvalue weighted by Crippen LogP contribution is -2.29. The van der Waals surface area contributed by atoms with E-state index >= 15 is 0 Å². The molecule has 0 saturated heterocycles. The van der Waals surface area contributed by atoms with Gasteiger partial charge in [0.25, 0.3) is 0 Å². The Morgan fingerprint density at radius 1 is 1.54 bits per heavy atom. The lowest BCUT2D eigenvalue weighted by Gasteiger charge is -2.19. The van der Waals surface area contributed by atoms with Crippen LogP contribution in [-0.2, 0) is 4.74 Å². The standard InChI is InChI=1S/C10H18N2O/c1-7(2)6-12-8-5-9(11)13-10(8,3)4/h5,7H,6,11H2,1-4H3. The van der Waals surface area contributed by atoms with Crippen LogP contribution in [0.15, 0.2) is 17.0 Å². The third-order valence-electron chi connectivity index (χ3n) is 1.90. The minimum absolute atomic E-state index is 0.348. The average Bonchev–Trinajstić information content (AvgIpc) is 2.19. The zero-order valence-corrected chi connectivity index (χ0v) is 8.79. The summed E-state index contributed by atoms with van der Waals surface area (Å²) in [4.78, 5) is 4.46. The molecule has 3 nitrogen and oxygen atoms in total. The Labute approximate surface area is 79.7 Å². The number of hydrogen-bond acceptors (Lipinski definition) is 3. The van der Waals surface area contributed by atoms with Gasteiger partial charge in [0.05, 0.1) is 5.71 Å². The Bertz CT molecular complexity index is 252. The maximum absolute atomic E-state index is 5.57. The van der Waals surface area contributed by atoms with Gasteiger partial charge in [-0.05, 0) is 19.8 Å². The largest absolute Gasteiger partial charge is 0.467 e. The number of nitrogens with zero attached hydrogens (tertiary/aromatic N) is 1. The normalized spacial score (nSPS) is 23.5. The van der Waals surface area contributed by atoms with Crippen LogP contribution in [0.5, 0.6) is 0 Å². The van der Waals surface area contributed by atoms with E-state index in [1.54, 1.807) is 0 Å². The van der Waals surface area contributed by atoms with Crippen LogP contribution < -0.4 is 5.73 Å². The van der Waals surface area contributed by atoms with Crippen molar-refractivity contribution in [3.63, 3.8) is 0 Å². The number of aliphatic imine (C=N–C) groups is 1. The third-order valence-corrected chi connectivity index (χ3v) is 1.90. The third kappa shape index (κ3) is 2.47. The first-order valence-corrected chi connectivity index (χ1v) is 4.63. The fraction of sp³-hybridized carbons (Fsp3) is 0.700. The van der Waals surface area contributed by atoms with E-state index in [0.717, 1.165) is 12.3 Å². The molecule has 0 radical (unpaired) electrons. The second-order valence-corrected chi connectivity index (χ2v) is 4.28. The van der Waals surface area contributed by atoms with E-state index in [-0.39, 0.29) is 5.60 Å². The number of rotatable bonds is 2. The highest BCUT2D eigenvalue weighted by Gasteiger charge is 2.31. The SMILES string of the molecule is CC(C)CN=C1C=C(N)OC1(C)C. The molecule has 1 aliphatic heterocycles. The highest BCUT2D eigenvalue weighted by atomic mass is 16.5. The summed E-state index contributed by atoms with van der Waals surface area (Å²) in [6.07, 6.45) is 1.81. The Kier molecular flexibility index (Phi) is 2.64. The minimum Gasteiger partial charge on any atom is -0.467 e. The molecule has 0 spiro atoms. The van der Waals surface area contributed by atoms with E-state index in [1.165, 1.54) is 0 Å². The molecule has 0 unspecified atom stereocenters. The van der Waals surface area contributed by atoms with Gasteiger partial charge < -0.3 is 10.5 Å². The molecule has 13 heavy (non-hydrogen) atoms. The summed E-state index contributed by atoms with van der Waals surface area (Å²) in [6.45, 7) is 9.05. The van der Waals surface area contributed by atoms with Crippen LogP contribution >= 0.6 is 0 Å². The van der Waals surface area contributed by atoms with E-state index in [4.69, 9.17) is 10.5 Å². The summed E-state index contributed by atoms with van der Waals surface area (Å²) in [5.41, 5.74) is 6.16. The second-order valence-electron chi connectivity index (χ2n) is 4.28. The highest BCUT2D eigenvalue weighted by Crippen LogP contribution is 2.22. The summed E-state index contributed by atoms with van der Waals surface area (Å²) in [5.74, 6) is 1.03. The van der Waals surface area contributed by atoms with Gasteiger partial charge in [-0.25, -0.2) is 0 Å².